The lowest BCUT2D eigenvalue weighted by Gasteiger charge is -2.28. The first-order valence-corrected chi connectivity index (χ1v) is 5.79. The molecule has 0 unspecified atom stereocenters. The average Bonchev–Trinajstić information content (AvgIpc) is 2.63. The molecule has 94 valence electrons. The third kappa shape index (κ3) is 2.87. The lowest BCUT2D eigenvalue weighted by molar-refractivity contribution is 0.0647. The highest BCUT2D eigenvalue weighted by Gasteiger charge is 2.20. The molecule has 0 bridgehead atoms. The normalized spacial score (nSPS) is 18.5. The number of piperidine rings is 1. The minimum Gasteiger partial charge on any atom is -0.475 e. The second-order valence-corrected chi connectivity index (χ2v) is 4.54. The third-order valence-electron chi connectivity index (χ3n) is 3.10. The molecular formula is C12H17NO4. The predicted molar refractivity (Wildman–Crippen MR) is 60.9 cm³/mol. The fourth-order valence-electron chi connectivity index (χ4n) is 2.14. The van der Waals surface area contributed by atoms with Gasteiger partial charge in [-0.2, -0.15) is 0 Å². The first-order valence-electron chi connectivity index (χ1n) is 5.79. The van der Waals surface area contributed by atoms with E-state index in [9.17, 15) is 9.90 Å². The van der Waals surface area contributed by atoms with Gasteiger partial charge in [-0.1, -0.05) is 0 Å². The van der Waals surface area contributed by atoms with Gasteiger partial charge in [0.25, 0.3) is 0 Å². The molecule has 0 aromatic carbocycles. The minimum atomic E-state index is -1.03. The number of carboxylic acids is 1. The van der Waals surface area contributed by atoms with Crippen molar-refractivity contribution in [3.8, 4) is 0 Å². The lowest BCUT2D eigenvalue weighted by Crippen LogP contribution is -2.35. The Kier molecular flexibility index (Phi) is 3.49. The molecule has 1 aromatic rings. The van der Waals surface area contributed by atoms with Crippen molar-refractivity contribution in [3.63, 3.8) is 0 Å². The molecule has 2 N–H and O–H groups in total. The topological polar surface area (TPSA) is 73.9 Å². The highest BCUT2D eigenvalue weighted by atomic mass is 16.4. The maximum absolute atomic E-state index is 10.8. The van der Waals surface area contributed by atoms with Gasteiger partial charge in [0.2, 0.25) is 5.76 Å². The number of aliphatic hydroxyl groups excluding tert-OH is 1. The maximum atomic E-state index is 10.8. The van der Waals surface area contributed by atoms with E-state index in [0.29, 0.717) is 17.9 Å². The van der Waals surface area contributed by atoms with Crippen LogP contribution in [0, 0.1) is 6.92 Å². The van der Waals surface area contributed by atoms with Gasteiger partial charge in [0.15, 0.2) is 0 Å². The van der Waals surface area contributed by atoms with Crippen molar-refractivity contribution >= 4 is 5.97 Å². The Balaban J connectivity index is 1.99. The van der Waals surface area contributed by atoms with Crippen molar-refractivity contribution < 1.29 is 19.4 Å². The van der Waals surface area contributed by atoms with Crippen LogP contribution in [0.15, 0.2) is 10.5 Å². The van der Waals surface area contributed by atoms with Gasteiger partial charge in [-0.25, -0.2) is 4.79 Å². The summed E-state index contributed by atoms with van der Waals surface area (Å²) < 4.78 is 5.30. The molecule has 1 aliphatic rings. The summed E-state index contributed by atoms with van der Waals surface area (Å²) in [5, 5.41) is 18.3. The molecule has 0 radical (unpaired) electrons. The van der Waals surface area contributed by atoms with Gasteiger partial charge < -0.3 is 14.6 Å². The van der Waals surface area contributed by atoms with Crippen molar-refractivity contribution in [2.24, 2.45) is 0 Å². The molecule has 1 fully saturated rings. The molecule has 0 spiro atoms. The van der Waals surface area contributed by atoms with E-state index >= 15 is 0 Å². The van der Waals surface area contributed by atoms with Crippen molar-refractivity contribution in [1.82, 2.24) is 4.90 Å². The Morgan fingerprint density at radius 3 is 2.71 bits per heavy atom. The van der Waals surface area contributed by atoms with Gasteiger partial charge in [-0.15, -0.1) is 0 Å². The van der Waals surface area contributed by atoms with Crippen LogP contribution in [0.2, 0.25) is 0 Å². The van der Waals surface area contributed by atoms with E-state index < -0.39 is 5.97 Å². The van der Waals surface area contributed by atoms with Gasteiger partial charge >= 0.3 is 5.97 Å². The Labute approximate surface area is 99.6 Å². The molecule has 5 heteroatoms. The molecule has 0 atom stereocenters. The maximum Gasteiger partial charge on any atom is 0.372 e. The molecule has 2 heterocycles. The van der Waals surface area contributed by atoms with Crippen LogP contribution in [-0.4, -0.2) is 40.3 Å². The molecule has 1 saturated heterocycles. The van der Waals surface area contributed by atoms with Crippen LogP contribution in [0.1, 0.15) is 34.7 Å². The van der Waals surface area contributed by atoms with E-state index in [2.05, 4.69) is 4.90 Å². The zero-order valence-corrected chi connectivity index (χ0v) is 9.85. The van der Waals surface area contributed by atoms with Crippen LogP contribution in [0.5, 0.6) is 0 Å². The third-order valence-corrected chi connectivity index (χ3v) is 3.10. The number of likely N-dealkylation sites (tertiary alicyclic amines) is 1. The lowest BCUT2D eigenvalue weighted by atomic mass is 10.1. The van der Waals surface area contributed by atoms with E-state index in [1.165, 1.54) is 0 Å². The molecule has 5 nitrogen and oxygen atoms in total. The molecule has 2 rings (SSSR count). The minimum absolute atomic E-state index is 0.0250. The number of hydrogen-bond donors (Lipinski definition) is 2. The summed E-state index contributed by atoms with van der Waals surface area (Å²) in [5.41, 5.74) is 0.657. The van der Waals surface area contributed by atoms with Gasteiger partial charge in [0.1, 0.15) is 5.76 Å². The highest BCUT2D eigenvalue weighted by Crippen LogP contribution is 2.18. The number of aromatic carboxylic acids is 1. The quantitative estimate of drug-likeness (QED) is 0.830. The zero-order chi connectivity index (χ0) is 12.4. The van der Waals surface area contributed by atoms with Crippen molar-refractivity contribution in [2.45, 2.75) is 32.4 Å². The molecular weight excluding hydrogens is 222 g/mol. The van der Waals surface area contributed by atoms with Crippen molar-refractivity contribution in [1.29, 1.82) is 0 Å². The average molecular weight is 239 g/mol. The molecule has 1 aromatic heterocycles. The van der Waals surface area contributed by atoms with Gasteiger partial charge in [0, 0.05) is 18.7 Å². The first kappa shape index (κ1) is 12.1. The van der Waals surface area contributed by atoms with Gasteiger partial charge in [-0.05, 0) is 25.8 Å². The summed E-state index contributed by atoms with van der Waals surface area (Å²) in [5.74, 6) is -0.323. The fourth-order valence-corrected chi connectivity index (χ4v) is 2.14. The van der Waals surface area contributed by atoms with Crippen molar-refractivity contribution in [2.75, 3.05) is 13.1 Å². The molecule has 1 aliphatic heterocycles. The largest absolute Gasteiger partial charge is 0.475 e. The number of carboxylic acid groups (broad SMARTS) is 1. The summed E-state index contributed by atoms with van der Waals surface area (Å²) in [6, 6.07) is 1.77. The molecule has 17 heavy (non-hydrogen) atoms. The van der Waals surface area contributed by atoms with Gasteiger partial charge in [0.05, 0.1) is 12.6 Å². The number of carbonyl (C=O) groups is 1. The van der Waals surface area contributed by atoms with Crippen LogP contribution in [0.4, 0.5) is 0 Å². The summed E-state index contributed by atoms with van der Waals surface area (Å²) >= 11 is 0. The fraction of sp³-hybridized carbons (Fsp3) is 0.583. The summed E-state index contributed by atoms with van der Waals surface area (Å²) in [6.07, 6.45) is 1.34. The van der Waals surface area contributed by atoms with Crippen LogP contribution in [-0.2, 0) is 6.54 Å². The van der Waals surface area contributed by atoms with E-state index in [1.54, 1.807) is 13.0 Å². The van der Waals surface area contributed by atoms with E-state index in [0.717, 1.165) is 25.9 Å². The Bertz CT molecular complexity index is 405. The Morgan fingerprint density at radius 1 is 1.53 bits per heavy atom. The monoisotopic (exact) mass is 239 g/mol. The number of aryl methyl sites for hydroxylation is 1. The van der Waals surface area contributed by atoms with Gasteiger partial charge in [-0.3, -0.25) is 4.90 Å². The number of rotatable bonds is 3. The number of hydrogen-bond acceptors (Lipinski definition) is 4. The molecule has 0 saturated carbocycles. The Hall–Kier alpha value is -1.33. The molecule has 0 aliphatic carbocycles. The highest BCUT2D eigenvalue weighted by molar-refractivity contribution is 5.86. The number of furan rings is 1. The zero-order valence-electron chi connectivity index (χ0n) is 9.85. The summed E-state index contributed by atoms with van der Waals surface area (Å²) in [4.78, 5) is 13.0. The first-order chi connectivity index (χ1) is 8.06. The van der Waals surface area contributed by atoms with Crippen LogP contribution >= 0.6 is 0 Å². The smallest absolute Gasteiger partial charge is 0.372 e. The SMILES string of the molecule is Cc1cc(CN2CCC(O)CC2)oc1C(=O)O. The summed E-state index contributed by atoms with van der Waals surface area (Å²) in [7, 11) is 0. The van der Waals surface area contributed by atoms with Crippen molar-refractivity contribution in [3.05, 3.63) is 23.2 Å². The van der Waals surface area contributed by atoms with Crippen LogP contribution < -0.4 is 0 Å². The number of nitrogens with zero attached hydrogens (tertiary/aromatic N) is 1. The van der Waals surface area contributed by atoms with E-state index in [1.807, 2.05) is 0 Å². The van der Waals surface area contributed by atoms with Crippen LogP contribution in [0.3, 0.4) is 0 Å². The Morgan fingerprint density at radius 2 is 2.18 bits per heavy atom. The second kappa shape index (κ2) is 4.89. The van der Waals surface area contributed by atoms with Crippen LogP contribution in [0.25, 0.3) is 0 Å². The molecule has 0 amide bonds. The number of aliphatic hydroxyl groups is 1. The van der Waals surface area contributed by atoms with E-state index in [-0.39, 0.29) is 11.9 Å². The standard InChI is InChI=1S/C12H17NO4/c1-8-6-10(17-11(8)12(15)16)7-13-4-2-9(14)3-5-13/h6,9,14H,2-5,7H2,1H3,(H,15,16). The predicted octanol–water partition coefficient (Wildman–Crippen LogP) is 1.24. The summed E-state index contributed by atoms with van der Waals surface area (Å²) in [6.45, 7) is 3.99. The second-order valence-electron chi connectivity index (χ2n) is 4.54. The van der Waals surface area contributed by atoms with E-state index in [4.69, 9.17) is 9.52 Å².